The van der Waals surface area contributed by atoms with E-state index in [9.17, 15) is 25.2 Å². The lowest BCUT2D eigenvalue weighted by atomic mass is 9.67. The Hall–Kier alpha value is -6.84. The standard InChI is InChI=1S/C47H44N6O3/c1-7-52(8-2)40-23-38(50-27(5)54)43(36-21-31-17-13-11-15-29(31)19-34(36)40)45-42(33(25-48)26-49)46(47(45)56)44-37-22-32-18-14-12-16-30(32)20-35(37)41(53(9-3)10-4)24-39(44)51-28(6)55/h11-24,45,56H,7-10H2,1-6H3,(H,50,54)(H,51,55). The number of aliphatic hydroxyl groups excluding tert-OH is 1. The fourth-order valence-corrected chi connectivity index (χ4v) is 8.46. The number of anilines is 4. The number of benzene rings is 6. The highest BCUT2D eigenvalue weighted by molar-refractivity contribution is 6.17. The molecule has 7 rings (SSSR count). The number of amides is 2. The van der Waals surface area contributed by atoms with E-state index in [4.69, 9.17) is 0 Å². The lowest BCUT2D eigenvalue weighted by Crippen LogP contribution is -2.26. The Morgan fingerprint density at radius 3 is 1.50 bits per heavy atom. The van der Waals surface area contributed by atoms with Crippen LogP contribution in [0.2, 0.25) is 0 Å². The van der Waals surface area contributed by atoms with E-state index in [1.54, 1.807) is 0 Å². The van der Waals surface area contributed by atoms with Crippen molar-refractivity contribution in [1.29, 1.82) is 10.5 Å². The quantitative estimate of drug-likeness (QED) is 0.0941. The second kappa shape index (κ2) is 15.1. The van der Waals surface area contributed by atoms with Crippen molar-refractivity contribution in [3.63, 3.8) is 0 Å². The molecule has 1 unspecified atom stereocenters. The van der Waals surface area contributed by atoms with Crippen molar-refractivity contribution in [2.24, 2.45) is 0 Å². The van der Waals surface area contributed by atoms with E-state index in [2.05, 4.69) is 84.5 Å². The molecule has 2 amide bonds. The Morgan fingerprint density at radius 1 is 0.643 bits per heavy atom. The van der Waals surface area contributed by atoms with Gasteiger partial charge in [0.25, 0.3) is 0 Å². The number of nitriles is 2. The summed E-state index contributed by atoms with van der Waals surface area (Å²) in [6, 6.07) is 32.5. The molecule has 56 heavy (non-hydrogen) atoms. The Morgan fingerprint density at radius 2 is 1.05 bits per heavy atom. The van der Waals surface area contributed by atoms with Crippen molar-refractivity contribution in [2.75, 3.05) is 46.6 Å². The first-order valence-corrected chi connectivity index (χ1v) is 19.1. The van der Waals surface area contributed by atoms with Crippen molar-refractivity contribution in [1.82, 2.24) is 0 Å². The molecule has 0 spiro atoms. The highest BCUT2D eigenvalue weighted by atomic mass is 16.3. The second-order valence-corrected chi connectivity index (χ2v) is 14.1. The maximum absolute atomic E-state index is 12.9. The minimum atomic E-state index is -0.960. The van der Waals surface area contributed by atoms with Gasteiger partial charge in [0, 0.05) is 84.6 Å². The van der Waals surface area contributed by atoms with Crippen LogP contribution in [0.3, 0.4) is 0 Å². The van der Waals surface area contributed by atoms with Crippen LogP contribution in [0.4, 0.5) is 22.7 Å². The van der Waals surface area contributed by atoms with Crippen molar-refractivity contribution in [3.05, 3.63) is 113 Å². The molecule has 0 radical (unpaired) electrons. The third-order valence-corrected chi connectivity index (χ3v) is 11.0. The molecule has 0 aliphatic heterocycles. The molecule has 1 aliphatic carbocycles. The summed E-state index contributed by atoms with van der Waals surface area (Å²) in [6.45, 7) is 14.0. The van der Waals surface area contributed by atoms with Crippen LogP contribution in [0.25, 0.3) is 48.7 Å². The number of nitrogens with one attached hydrogen (secondary N) is 2. The van der Waals surface area contributed by atoms with Crippen LogP contribution >= 0.6 is 0 Å². The van der Waals surface area contributed by atoms with Crippen LogP contribution in [0.1, 0.15) is 58.6 Å². The average Bonchev–Trinajstić information content (AvgIpc) is 3.19. The van der Waals surface area contributed by atoms with Crippen LogP contribution in [-0.2, 0) is 9.59 Å². The third kappa shape index (κ3) is 6.21. The van der Waals surface area contributed by atoms with Crippen LogP contribution < -0.4 is 20.4 Å². The molecule has 0 aromatic heterocycles. The Balaban J connectivity index is 1.65. The van der Waals surface area contributed by atoms with E-state index in [0.717, 1.165) is 54.5 Å². The molecule has 1 atom stereocenters. The smallest absolute Gasteiger partial charge is 0.221 e. The average molecular weight is 741 g/mol. The molecule has 6 aromatic rings. The van der Waals surface area contributed by atoms with Gasteiger partial charge in [0.15, 0.2) is 0 Å². The van der Waals surface area contributed by atoms with Crippen LogP contribution in [-0.4, -0.2) is 43.1 Å². The molecule has 1 aliphatic rings. The Kier molecular flexibility index (Phi) is 10.1. The van der Waals surface area contributed by atoms with E-state index in [0.29, 0.717) is 59.8 Å². The molecular formula is C47H44N6O3. The van der Waals surface area contributed by atoms with Crippen molar-refractivity contribution >= 4 is 83.2 Å². The lowest BCUT2D eigenvalue weighted by molar-refractivity contribution is -0.115. The van der Waals surface area contributed by atoms with Gasteiger partial charge >= 0.3 is 0 Å². The first kappa shape index (κ1) is 37.5. The number of carbonyl (C=O) groups excluding carboxylic acids is 2. The number of rotatable bonds is 10. The zero-order valence-electron chi connectivity index (χ0n) is 32.5. The van der Waals surface area contributed by atoms with Gasteiger partial charge in [0.2, 0.25) is 11.8 Å². The van der Waals surface area contributed by atoms with Gasteiger partial charge in [0.1, 0.15) is 23.5 Å². The molecule has 9 heteroatoms. The molecule has 0 heterocycles. The van der Waals surface area contributed by atoms with Crippen molar-refractivity contribution in [3.8, 4) is 12.1 Å². The summed E-state index contributed by atoms with van der Waals surface area (Å²) < 4.78 is 0. The number of carbonyl (C=O) groups is 2. The summed E-state index contributed by atoms with van der Waals surface area (Å²) in [6.07, 6.45) is 0. The van der Waals surface area contributed by atoms with Gasteiger partial charge in [-0.3, -0.25) is 9.59 Å². The Bertz CT molecular complexity index is 2740. The van der Waals surface area contributed by atoms with Gasteiger partial charge in [-0.25, -0.2) is 0 Å². The van der Waals surface area contributed by atoms with Crippen LogP contribution in [0.5, 0.6) is 0 Å². The van der Waals surface area contributed by atoms with E-state index in [1.807, 2.05) is 60.7 Å². The summed E-state index contributed by atoms with van der Waals surface area (Å²) in [5, 5.41) is 47.2. The monoisotopic (exact) mass is 740 g/mol. The van der Waals surface area contributed by atoms with Crippen molar-refractivity contribution < 1.29 is 14.7 Å². The van der Waals surface area contributed by atoms with E-state index in [1.165, 1.54) is 13.8 Å². The molecule has 280 valence electrons. The van der Waals surface area contributed by atoms with Gasteiger partial charge in [-0.05, 0) is 102 Å². The predicted molar refractivity (Wildman–Crippen MR) is 229 cm³/mol. The minimum Gasteiger partial charge on any atom is -0.511 e. The van der Waals surface area contributed by atoms with Gasteiger partial charge in [-0.1, -0.05) is 48.5 Å². The Labute approximate surface area is 326 Å². The maximum Gasteiger partial charge on any atom is 0.221 e. The van der Waals surface area contributed by atoms with E-state index >= 15 is 0 Å². The highest BCUT2D eigenvalue weighted by Crippen LogP contribution is 2.59. The number of allylic oxidation sites excluding steroid dienone is 3. The van der Waals surface area contributed by atoms with Crippen molar-refractivity contribution in [2.45, 2.75) is 47.5 Å². The first-order valence-electron chi connectivity index (χ1n) is 19.1. The van der Waals surface area contributed by atoms with Crippen LogP contribution in [0, 0.1) is 22.7 Å². The lowest BCUT2D eigenvalue weighted by Gasteiger charge is -2.38. The van der Waals surface area contributed by atoms with Gasteiger partial charge in [-0.2, -0.15) is 10.5 Å². The van der Waals surface area contributed by atoms with Gasteiger partial charge < -0.3 is 25.5 Å². The number of hydrogen-bond acceptors (Lipinski definition) is 7. The molecule has 3 N–H and O–H groups in total. The molecule has 0 bridgehead atoms. The molecular weight excluding hydrogens is 697 g/mol. The third-order valence-electron chi connectivity index (χ3n) is 11.0. The van der Waals surface area contributed by atoms with Crippen LogP contribution in [0.15, 0.2) is 102 Å². The van der Waals surface area contributed by atoms with E-state index < -0.39 is 5.92 Å². The first-order chi connectivity index (χ1) is 27.1. The van der Waals surface area contributed by atoms with Gasteiger partial charge in [-0.15, -0.1) is 0 Å². The highest BCUT2D eigenvalue weighted by Gasteiger charge is 2.44. The summed E-state index contributed by atoms with van der Waals surface area (Å²) in [4.78, 5) is 30.3. The van der Waals surface area contributed by atoms with Gasteiger partial charge in [0.05, 0.1) is 11.6 Å². The summed E-state index contributed by atoms with van der Waals surface area (Å²) in [5.41, 5.74) is 4.28. The maximum atomic E-state index is 12.9. The fourth-order valence-electron chi connectivity index (χ4n) is 8.46. The normalized spacial score (nSPS) is 13.7. The molecule has 9 nitrogen and oxygen atoms in total. The number of fused-ring (bicyclic) bond motifs is 4. The zero-order valence-corrected chi connectivity index (χ0v) is 32.5. The summed E-state index contributed by atoms with van der Waals surface area (Å²) in [7, 11) is 0. The molecule has 0 fully saturated rings. The second-order valence-electron chi connectivity index (χ2n) is 14.1. The number of aliphatic hydroxyl groups is 1. The fraction of sp³-hybridized carbons (Fsp3) is 0.234. The SMILES string of the molecule is CCN(CC)c1cc(NC(C)=O)c(C2=C(O)C(c3c(NC(C)=O)cc(N(CC)CC)c4cc5ccccc5cc34)C2=C(C#N)C#N)c2cc3ccccc3cc12. The summed E-state index contributed by atoms with van der Waals surface area (Å²) >= 11 is 0. The topological polar surface area (TPSA) is 132 Å². The molecule has 6 aromatic carbocycles. The molecule has 0 saturated heterocycles. The van der Waals surface area contributed by atoms with E-state index in [-0.39, 0.29) is 23.1 Å². The predicted octanol–water partition coefficient (Wildman–Crippen LogP) is 10.3. The number of hydrogen-bond donors (Lipinski definition) is 3. The largest absolute Gasteiger partial charge is 0.511 e. The minimum absolute atomic E-state index is 0.0729. The summed E-state index contributed by atoms with van der Waals surface area (Å²) in [5.74, 6) is -1.64. The number of nitrogens with zero attached hydrogens (tertiary/aromatic N) is 4. The zero-order chi connectivity index (χ0) is 39.8. The molecule has 0 saturated carbocycles.